The van der Waals surface area contributed by atoms with E-state index < -0.39 is 11.6 Å². The lowest BCUT2D eigenvalue weighted by atomic mass is 10.2. The molecular formula is C17H22F2IN3O. The molecule has 2 rings (SSSR count). The number of halogens is 3. The van der Waals surface area contributed by atoms with Crippen LogP contribution >= 0.6 is 24.0 Å². The van der Waals surface area contributed by atoms with Crippen molar-refractivity contribution in [2.45, 2.75) is 26.3 Å². The third kappa shape index (κ3) is 6.86. The molecule has 0 radical (unpaired) electrons. The lowest BCUT2D eigenvalue weighted by Gasteiger charge is -2.11. The van der Waals surface area contributed by atoms with Crippen LogP contribution in [0.15, 0.2) is 46.0 Å². The van der Waals surface area contributed by atoms with E-state index in [0.29, 0.717) is 18.9 Å². The lowest BCUT2D eigenvalue weighted by Crippen LogP contribution is -2.38. The van der Waals surface area contributed by atoms with Crippen molar-refractivity contribution in [3.63, 3.8) is 0 Å². The quantitative estimate of drug-likeness (QED) is 0.384. The second-order valence-corrected chi connectivity index (χ2v) is 5.08. The van der Waals surface area contributed by atoms with Gasteiger partial charge in [0, 0.05) is 25.1 Å². The maximum absolute atomic E-state index is 13.6. The van der Waals surface area contributed by atoms with E-state index in [9.17, 15) is 8.78 Å². The predicted molar refractivity (Wildman–Crippen MR) is 102 cm³/mol. The number of hydrogen-bond donors (Lipinski definition) is 2. The van der Waals surface area contributed by atoms with Gasteiger partial charge in [0.1, 0.15) is 17.4 Å². The minimum atomic E-state index is -0.467. The highest BCUT2D eigenvalue weighted by molar-refractivity contribution is 14.0. The molecule has 0 aliphatic rings. The molecule has 1 aromatic heterocycles. The number of rotatable bonds is 7. The summed E-state index contributed by atoms with van der Waals surface area (Å²) in [6, 6.07) is 7.12. The fourth-order valence-electron chi connectivity index (χ4n) is 2.01. The molecule has 7 heteroatoms. The zero-order valence-electron chi connectivity index (χ0n) is 13.5. The molecule has 1 heterocycles. The SMILES string of the molecule is CCCNC(=NCc1cc(F)ccc1F)NCCc1ccco1.I. The summed E-state index contributed by atoms with van der Waals surface area (Å²) < 4.78 is 32.1. The van der Waals surface area contributed by atoms with Gasteiger partial charge in [-0.25, -0.2) is 13.8 Å². The molecular weight excluding hydrogens is 427 g/mol. The Labute approximate surface area is 157 Å². The van der Waals surface area contributed by atoms with E-state index in [1.165, 1.54) is 6.07 Å². The van der Waals surface area contributed by atoms with Crippen molar-refractivity contribution in [2.24, 2.45) is 4.99 Å². The van der Waals surface area contributed by atoms with Crippen LogP contribution in [0.2, 0.25) is 0 Å². The minimum absolute atomic E-state index is 0. The molecule has 2 aromatic rings. The van der Waals surface area contributed by atoms with E-state index in [1.54, 1.807) is 6.26 Å². The zero-order valence-corrected chi connectivity index (χ0v) is 15.8. The summed E-state index contributed by atoms with van der Waals surface area (Å²) >= 11 is 0. The van der Waals surface area contributed by atoms with Crippen LogP contribution in [0.1, 0.15) is 24.7 Å². The molecule has 2 N–H and O–H groups in total. The van der Waals surface area contributed by atoms with E-state index in [4.69, 9.17) is 4.42 Å². The van der Waals surface area contributed by atoms with Crippen LogP contribution in [0, 0.1) is 11.6 Å². The number of nitrogens with zero attached hydrogens (tertiary/aromatic N) is 1. The normalized spacial score (nSPS) is 11.0. The third-order valence-corrected chi connectivity index (χ3v) is 3.20. The Hall–Kier alpha value is -1.64. The van der Waals surface area contributed by atoms with Gasteiger partial charge in [-0.1, -0.05) is 6.92 Å². The molecule has 4 nitrogen and oxygen atoms in total. The molecule has 0 saturated heterocycles. The summed E-state index contributed by atoms with van der Waals surface area (Å²) in [5, 5.41) is 6.31. The van der Waals surface area contributed by atoms with Crippen LogP contribution in [-0.4, -0.2) is 19.0 Å². The van der Waals surface area contributed by atoms with E-state index in [1.807, 2.05) is 19.1 Å². The number of benzene rings is 1. The summed E-state index contributed by atoms with van der Waals surface area (Å²) in [7, 11) is 0. The van der Waals surface area contributed by atoms with Crippen LogP contribution in [0.3, 0.4) is 0 Å². The molecule has 0 spiro atoms. The Morgan fingerprint density at radius 1 is 1.17 bits per heavy atom. The molecule has 0 atom stereocenters. The van der Waals surface area contributed by atoms with Gasteiger partial charge in [0.2, 0.25) is 0 Å². The number of nitrogens with one attached hydrogen (secondary N) is 2. The van der Waals surface area contributed by atoms with Crippen LogP contribution in [-0.2, 0) is 13.0 Å². The number of guanidine groups is 1. The van der Waals surface area contributed by atoms with Crippen LogP contribution in [0.25, 0.3) is 0 Å². The molecule has 0 bridgehead atoms. The molecule has 0 saturated carbocycles. The van der Waals surface area contributed by atoms with Crippen molar-refractivity contribution >= 4 is 29.9 Å². The molecule has 132 valence electrons. The first-order valence-corrected chi connectivity index (χ1v) is 7.67. The summed E-state index contributed by atoms with van der Waals surface area (Å²) in [6.45, 7) is 3.50. The third-order valence-electron chi connectivity index (χ3n) is 3.20. The largest absolute Gasteiger partial charge is 0.469 e. The van der Waals surface area contributed by atoms with Gasteiger partial charge in [-0.3, -0.25) is 0 Å². The molecule has 0 unspecified atom stereocenters. The standard InChI is InChI=1S/C17H21F2N3O.HI/c1-2-8-20-17(21-9-7-15-4-3-10-23-15)22-12-13-11-14(18)5-6-16(13)19;/h3-6,10-11H,2,7-9,12H2,1H3,(H2,20,21,22);1H. The highest BCUT2D eigenvalue weighted by Gasteiger charge is 2.05. The Morgan fingerprint density at radius 2 is 1.96 bits per heavy atom. The van der Waals surface area contributed by atoms with Gasteiger partial charge in [0.05, 0.1) is 12.8 Å². The first-order chi connectivity index (χ1) is 11.2. The maximum atomic E-state index is 13.6. The van der Waals surface area contributed by atoms with Crippen molar-refractivity contribution in [3.05, 3.63) is 59.6 Å². The van der Waals surface area contributed by atoms with Crippen LogP contribution < -0.4 is 10.6 Å². The Balaban J connectivity index is 0.00000288. The van der Waals surface area contributed by atoms with E-state index in [-0.39, 0.29) is 36.1 Å². The topological polar surface area (TPSA) is 49.6 Å². The summed E-state index contributed by atoms with van der Waals surface area (Å²) in [6.07, 6.45) is 3.29. The Bertz CT molecular complexity index is 633. The smallest absolute Gasteiger partial charge is 0.191 e. The predicted octanol–water partition coefficient (Wildman–Crippen LogP) is 3.86. The Kier molecular flexibility index (Phi) is 9.36. The van der Waals surface area contributed by atoms with E-state index in [2.05, 4.69) is 15.6 Å². The average Bonchev–Trinajstić information content (AvgIpc) is 3.05. The fourth-order valence-corrected chi connectivity index (χ4v) is 2.01. The van der Waals surface area contributed by atoms with E-state index >= 15 is 0 Å². The monoisotopic (exact) mass is 449 g/mol. The van der Waals surface area contributed by atoms with Crippen molar-refractivity contribution in [1.29, 1.82) is 0 Å². The fraction of sp³-hybridized carbons (Fsp3) is 0.353. The molecule has 1 aromatic carbocycles. The van der Waals surface area contributed by atoms with Gasteiger partial charge >= 0.3 is 0 Å². The minimum Gasteiger partial charge on any atom is -0.469 e. The second-order valence-electron chi connectivity index (χ2n) is 5.08. The van der Waals surface area contributed by atoms with Crippen molar-refractivity contribution in [2.75, 3.05) is 13.1 Å². The number of aliphatic imine (C=N–C) groups is 1. The molecule has 24 heavy (non-hydrogen) atoms. The average molecular weight is 449 g/mol. The Morgan fingerprint density at radius 3 is 2.67 bits per heavy atom. The van der Waals surface area contributed by atoms with Gasteiger partial charge < -0.3 is 15.1 Å². The molecule has 0 fully saturated rings. The number of furan rings is 1. The zero-order chi connectivity index (χ0) is 16.5. The highest BCUT2D eigenvalue weighted by Crippen LogP contribution is 2.10. The van der Waals surface area contributed by atoms with Gasteiger partial charge in [-0.15, -0.1) is 24.0 Å². The van der Waals surface area contributed by atoms with Gasteiger partial charge in [0.25, 0.3) is 0 Å². The lowest BCUT2D eigenvalue weighted by molar-refractivity contribution is 0.506. The van der Waals surface area contributed by atoms with Gasteiger partial charge in [0.15, 0.2) is 5.96 Å². The summed E-state index contributed by atoms with van der Waals surface area (Å²) in [4.78, 5) is 4.31. The first-order valence-electron chi connectivity index (χ1n) is 7.67. The van der Waals surface area contributed by atoms with Crippen LogP contribution in [0.4, 0.5) is 8.78 Å². The van der Waals surface area contributed by atoms with Gasteiger partial charge in [-0.05, 0) is 36.8 Å². The molecule has 0 amide bonds. The van der Waals surface area contributed by atoms with E-state index in [0.717, 1.165) is 30.9 Å². The summed E-state index contributed by atoms with van der Waals surface area (Å²) in [5.74, 6) is 0.525. The first kappa shape index (κ1) is 20.4. The van der Waals surface area contributed by atoms with Gasteiger partial charge in [-0.2, -0.15) is 0 Å². The molecule has 0 aliphatic carbocycles. The van der Waals surface area contributed by atoms with Crippen LogP contribution in [0.5, 0.6) is 0 Å². The van der Waals surface area contributed by atoms with Crippen molar-refractivity contribution in [3.8, 4) is 0 Å². The highest BCUT2D eigenvalue weighted by atomic mass is 127. The molecule has 0 aliphatic heterocycles. The second kappa shape index (κ2) is 11.0. The van der Waals surface area contributed by atoms with Crippen molar-refractivity contribution < 1.29 is 13.2 Å². The maximum Gasteiger partial charge on any atom is 0.191 e. The number of hydrogen-bond acceptors (Lipinski definition) is 2. The summed E-state index contributed by atoms with van der Waals surface area (Å²) in [5.41, 5.74) is 0.230. The van der Waals surface area contributed by atoms with Crippen molar-refractivity contribution in [1.82, 2.24) is 10.6 Å².